The average Bonchev–Trinajstić information content (AvgIpc) is 3.53. The summed E-state index contributed by atoms with van der Waals surface area (Å²) < 4.78 is 0. The Labute approximate surface area is 720 Å². The van der Waals surface area contributed by atoms with E-state index in [9.17, 15) is 76.7 Å². The molecule has 0 amide bonds. The molecular weight excluding hydrogens is 2900 g/mol. The van der Waals surface area contributed by atoms with E-state index in [-0.39, 0.29) is 201 Å². The molecule has 0 aliphatic heterocycles. The van der Waals surface area contributed by atoms with Crippen molar-refractivity contribution in [2.45, 2.75) is 0 Å². The Balaban J connectivity index is -0.0000000232. The number of rotatable bonds is 16. The minimum Gasteiger partial charge on any atom is -0.480 e. The molecule has 62 heteroatoms. The zero-order valence-corrected chi connectivity index (χ0v) is 78.5. The van der Waals surface area contributed by atoms with E-state index in [1.807, 2.05) is 0 Å². The van der Waals surface area contributed by atoms with E-state index in [4.69, 9.17) is 81.7 Å². The zero-order valence-electron chi connectivity index (χ0n) is 47.7. The van der Waals surface area contributed by atoms with Crippen LogP contribution in [0.3, 0.4) is 0 Å². The number of hydrogen-bond donors (Lipinski definition) is 32. The van der Waals surface area contributed by atoms with Crippen molar-refractivity contribution in [1.82, 2.24) is 0 Å². The molecule has 0 aromatic carbocycles. The van der Waals surface area contributed by atoms with Gasteiger partial charge >= 0.3 is 95.5 Å². The molecule has 0 saturated heterocycles. The summed E-state index contributed by atoms with van der Waals surface area (Å²) in [6, 6.07) is 0. The lowest BCUT2D eigenvalue weighted by Crippen LogP contribution is -2.10. The summed E-state index contributed by atoms with van der Waals surface area (Å²) in [5.41, 5.74) is 73.1. The van der Waals surface area contributed by atoms with E-state index in [1.54, 1.807) is 0 Å². The van der Waals surface area contributed by atoms with Gasteiger partial charge in [-0.1, -0.05) is 0 Å². The highest BCUT2D eigenvalue weighted by Crippen LogP contribution is 1.90. The molecule has 582 valence electrons. The molecular formula is C32H84I14N16O32. The predicted octanol–water partition coefficient (Wildman–Crippen LogP) is -4.20. The van der Waals surface area contributed by atoms with Gasteiger partial charge in [0, 0.05) is 186 Å². The molecule has 0 saturated carbocycles. The van der Waals surface area contributed by atoms with Crippen LogP contribution >= 0.6 is 282 Å². The second-order valence-corrected chi connectivity index (χ2v) is 9.57. The third kappa shape index (κ3) is 721. The van der Waals surface area contributed by atoms with Crippen LogP contribution in [0.2, 0.25) is 0 Å². The Kier molecular flexibility index (Phi) is 351. The first kappa shape index (κ1) is 171. The Bertz CT molecular complexity index is 1190. The summed E-state index contributed by atoms with van der Waals surface area (Å²) in [7, 11) is 0. The van der Waals surface area contributed by atoms with Gasteiger partial charge in [0.15, 0.2) is 0 Å². The first-order valence-corrected chi connectivity index (χ1v) is 51.2. The van der Waals surface area contributed by atoms with Gasteiger partial charge in [-0.3, -0.25) is 76.7 Å². The average molecular weight is 2980 g/mol. The highest BCUT2D eigenvalue weighted by atomic mass is 128. The normalized spacial score (nSPS) is 6.62. The van der Waals surface area contributed by atoms with Gasteiger partial charge in [-0.15, -0.1) is 95.9 Å². The number of carboxylic acid groups (broad SMARTS) is 16. The van der Waals surface area contributed by atoms with Crippen LogP contribution < -0.4 is 91.7 Å². The number of carboxylic acids is 16. The van der Waals surface area contributed by atoms with Crippen molar-refractivity contribution in [3.63, 3.8) is 0 Å². The van der Waals surface area contributed by atoms with E-state index in [2.05, 4.69) is 278 Å². The molecule has 0 aromatic rings. The summed E-state index contributed by atoms with van der Waals surface area (Å²) in [4.78, 5) is 148. The summed E-state index contributed by atoms with van der Waals surface area (Å²) >= 11 is 21.2. The van der Waals surface area contributed by atoms with Crippen molar-refractivity contribution >= 4 is 378 Å². The maximum Gasteiger partial charge on any atom is 0.317 e. The Morgan fingerprint density at radius 3 is 0.149 bits per heavy atom. The highest BCUT2D eigenvalue weighted by molar-refractivity contribution is 15.0. The highest BCUT2D eigenvalue weighted by Gasteiger charge is 1.87. The Hall–Kier alpha value is 1.10. The van der Waals surface area contributed by atoms with Crippen molar-refractivity contribution in [3.05, 3.63) is 0 Å². The molecule has 48 N–H and O–H groups in total. The van der Waals surface area contributed by atoms with Crippen LogP contribution in [-0.4, -0.2) is 282 Å². The molecule has 0 unspecified atom stereocenters. The molecule has 48 nitrogen and oxygen atoms in total. The summed E-state index contributed by atoms with van der Waals surface area (Å²) in [5.74, 6) is -15.5. The fourth-order valence-electron chi connectivity index (χ4n) is 0. The number of nitrogens with two attached hydrogens (primary N) is 16. The quantitative estimate of drug-likeness (QED) is 0.0652. The van der Waals surface area contributed by atoms with Crippen LogP contribution in [0.25, 0.3) is 0 Å². The lowest BCUT2D eigenvalue weighted by atomic mass is 10.7. The lowest BCUT2D eigenvalue weighted by Gasteiger charge is -1.73. The SMILES string of the molecule is I.I.I.I.II.II.II.II.II.NCC(=O)O.NCC(=O)O.NCC(=O)O.NCC(=O)O.NCC(=O)O.NCC(=O)O.NCC(=O)O.NCC(=O)O.NCC(=O)O.NCC(=O)O.NCC(=O)O.NCC(=O)O.NCC(=O)O.NCC(=O)O.NCC(=O)O.NCC(=O)O. The molecule has 0 radical (unpaired) electrons. The molecule has 0 bridgehead atoms. The first-order valence-electron chi connectivity index (χ1n) is 19.7. The smallest absolute Gasteiger partial charge is 0.317 e. The summed E-state index contributed by atoms with van der Waals surface area (Å²) in [6.07, 6.45) is 0. The summed E-state index contributed by atoms with van der Waals surface area (Å²) in [6.45, 7) is -4.44. The van der Waals surface area contributed by atoms with Gasteiger partial charge in [0.1, 0.15) is 0 Å². The molecule has 0 heterocycles. The Morgan fingerprint density at radius 1 is 0.138 bits per heavy atom. The van der Waals surface area contributed by atoms with Crippen LogP contribution in [-0.2, 0) is 76.7 Å². The minimum absolute atomic E-state index is 0. The van der Waals surface area contributed by atoms with E-state index < -0.39 is 95.5 Å². The van der Waals surface area contributed by atoms with E-state index in [1.165, 1.54) is 0 Å². The Morgan fingerprint density at radius 2 is 0.149 bits per heavy atom. The molecule has 0 aromatic heterocycles. The van der Waals surface area contributed by atoms with Crippen molar-refractivity contribution in [2.75, 3.05) is 105 Å². The second-order valence-electron chi connectivity index (χ2n) is 9.57. The number of halogens is 14. The van der Waals surface area contributed by atoms with E-state index in [0.717, 1.165) is 0 Å². The van der Waals surface area contributed by atoms with Gasteiger partial charge in [0.25, 0.3) is 0 Å². The van der Waals surface area contributed by atoms with Crippen molar-refractivity contribution < 1.29 is 158 Å². The molecule has 0 fully saturated rings. The molecule has 0 rings (SSSR count). The number of aliphatic carboxylic acids is 16. The lowest BCUT2D eigenvalue weighted by molar-refractivity contribution is -0.136. The van der Waals surface area contributed by atoms with Crippen molar-refractivity contribution in [3.8, 4) is 0 Å². The van der Waals surface area contributed by atoms with Crippen molar-refractivity contribution in [1.29, 1.82) is 0 Å². The van der Waals surface area contributed by atoms with Gasteiger partial charge < -0.3 is 173 Å². The van der Waals surface area contributed by atoms with Crippen LogP contribution in [0.4, 0.5) is 0 Å². The van der Waals surface area contributed by atoms with Gasteiger partial charge in [-0.2, -0.15) is 0 Å². The molecule has 0 aliphatic carbocycles. The van der Waals surface area contributed by atoms with E-state index >= 15 is 0 Å². The first-order chi connectivity index (χ1) is 41.3. The van der Waals surface area contributed by atoms with Crippen LogP contribution in [0.15, 0.2) is 0 Å². The largest absolute Gasteiger partial charge is 0.480 e. The number of hydrogen-bond acceptors (Lipinski definition) is 32. The third-order valence-electron chi connectivity index (χ3n) is 2.79. The molecule has 94 heavy (non-hydrogen) atoms. The van der Waals surface area contributed by atoms with Gasteiger partial charge in [-0.25, -0.2) is 0 Å². The van der Waals surface area contributed by atoms with Gasteiger partial charge in [0.05, 0.1) is 105 Å². The van der Waals surface area contributed by atoms with Gasteiger partial charge in [0.2, 0.25) is 0 Å². The number of carbonyl (C=O) groups is 16. The molecule has 0 aliphatic rings. The molecule has 0 atom stereocenters. The zero-order chi connectivity index (χ0) is 78.6. The minimum atomic E-state index is -0.968. The monoisotopic (exact) mass is 2980 g/mol. The maximum atomic E-state index is 9.24. The van der Waals surface area contributed by atoms with Crippen molar-refractivity contribution in [2.24, 2.45) is 91.7 Å². The standard InChI is InChI=1S/16C2H5NO2.5I2.4HI/c16*3-1-2(4)5;5*1-2;;;;/h16*1,3H2,(H,4,5);;;;;;4*1H. The van der Waals surface area contributed by atoms with Gasteiger partial charge in [-0.05, 0) is 0 Å². The molecule has 0 spiro atoms. The second kappa shape index (κ2) is 192. The summed E-state index contributed by atoms with van der Waals surface area (Å²) in [5, 5.41) is 122. The third-order valence-corrected chi connectivity index (χ3v) is 2.79. The topological polar surface area (TPSA) is 1010 Å². The van der Waals surface area contributed by atoms with Crippen LogP contribution in [0.5, 0.6) is 0 Å². The van der Waals surface area contributed by atoms with Crippen LogP contribution in [0, 0.1) is 0 Å². The maximum absolute atomic E-state index is 9.24. The fourth-order valence-corrected chi connectivity index (χ4v) is 0. The fraction of sp³-hybridized carbons (Fsp3) is 0.500. The predicted molar refractivity (Wildman–Crippen MR) is 469 cm³/mol. The van der Waals surface area contributed by atoms with Crippen LogP contribution in [0.1, 0.15) is 0 Å². The van der Waals surface area contributed by atoms with E-state index in [0.29, 0.717) is 0 Å².